The zero-order valence-electron chi connectivity index (χ0n) is 14.9. The maximum atomic E-state index is 10.9. The van der Waals surface area contributed by atoms with Crippen LogP contribution >= 0.6 is 15.9 Å². The van der Waals surface area contributed by atoms with Crippen molar-refractivity contribution in [3.05, 3.63) is 57.8 Å². The van der Waals surface area contributed by atoms with Crippen molar-refractivity contribution in [3.63, 3.8) is 0 Å². The third-order valence-corrected chi connectivity index (χ3v) is 4.96. The number of hydrogen-bond acceptors (Lipinski definition) is 6. The lowest BCUT2D eigenvalue weighted by atomic mass is 9.88. The van der Waals surface area contributed by atoms with E-state index in [0.717, 1.165) is 22.1 Å². The van der Waals surface area contributed by atoms with Crippen LogP contribution in [0.25, 0.3) is 11.0 Å². The highest BCUT2D eigenvalue weighted by atomic mass is 79.9. The maximum absolute atomic E-state index is 10.9. The van der Waals surface area contributed by atoms with Gasteiger partial charge in [-0.05, 0) is 51.3 Å². The van der Waals surface area contributed by atoms with Crippen LogP contribution in [-0.4, -0.2) is 32.4 Å². The molecular formula is C20H19BrO6. The Labute approximate surface area is 164 Å². The molecule has 1 heterocycles. The summed E-state index contributed by atoms with van der Waals surface area (Å²) >= 11 is 3.40. The average molecular weight is 435 g/mol. The van der Waals surface area contributed by atoms with Crippen LogP contribution in [0.5, 0.6) is 11.5 Å². The molecule has 3 aromatic rings. The number of carbonyl (C=O) groups excluding carboxylic acids is 1. The molecule has 0 fully saturated rings. The largest absolute Gasteiger partial charge is 0.508 e. The van der Waals surface area contributed by atoms with Gasteiger partial charge in [-0.25, -0.2) is 0 Å². The summed E-state index contributed by atoms with van der Waals surface area (Å²) in [5, 5.41) is 10.7. The van der Waals surface area contributed by atoms with Gasteiger partial charge in [0.15, 0.2) is 0 Å². The van der Waals surface area contributed by atoms with Crippen LogP contribution in [0.1, 0.15) is 22.6 Å². The molecule has 0 aliphatic rings. The number of ether oxygens (including phenoxy) is 3. The molecule has 1 N–H and O–H groups in total. The molecule has 0 amide bonds. The van der Waals surface area contributed by atoms with Crippen LogP contribution in [-0.2, 0) is 20.9 Å². The van der Waals surface area contributed by atoms with Crippen LogP contribution in [0.2, 0.25) is 0 Å². The Balaban J connectivity index is 2.17. The van der Waals surface area contributed by atoms with Crippen molar-refractivity contribution in [1.82, 2.24) is 0 Å². The number of rotatable bonds is 8. The lowest BCUT2D eigenvalue weighted by Gasteiger charge is -2.20. The van der Waals surface area contributed by atoms with Crippen molar-refractivity contribution in [1.29, 1.82) is 0 Å². The molecule has 142 valence electrons. The van der Waals surface area contributed by atoms with Crippen LogP contribution in [0, 0.1) is 0 Å². The Kier molecular flexibility index (Phi) is 6.03. The van der Waals surface area contributed by atoms with Gasteiger partial charge in [-0.15, -0.1) is 0 Å². The molecular weight excluding hydrogens is 416 g/mol. The predicted octanol–water partition coefficient (Wildman–Crippen LogP) is 4.36. The number of benzene rings is 2. The zero-order chi connectivity index (χ0) is 19.4. The molecule has 0 saturated heterocycles. The van der Waals surface area contributed by atoms with Crippen LogP contribution in [0.4, 0.5) is 0 Å². The Bertz CT molecular complexity index is 949. The van der Waals surface area contributed by atoms with E-state index < -0.39 is 0 Å². The van der Waals surface area contributed by atoms with E-state index in [4.69, 9.17) is 18.6 Å². The molecule has 1 aromatic heterocycles. The summed E-state index contributed by atoms with van der Waals surface area (Å²) in [5.41, 5.74) is 3.23. The molecule has 1 unspecified atom stereocenters. The lowest BCUT2D eigenvalue weighted by Crippen LogP contribution is -2.12. The minimum absolute atomic E-state index is 0.110. The van der Waals surface area contributed by atoms with Gasteiger partial charge in [-0.3, -0.25) is 4.79 Å². The highest BCUT2D eigenvalue weighted by Gasteiger charge is 2.24. The molecule has 7 heteroatoms. The van der Waals surface area contributed by atoms with E-state index in [0.29, 0.717) is 28.9 Å². The van der Waals surface area contributed by atoms with Gasteiger partial charge < -0.3 is 23.7 Å². The highest BCUT2D eigenvalue weighted by molar-refractivity contribution is 9.10. The second-order valence-electron chi connectivity index (χ2n) is 5.98. The minimum Gasteiger partial charge on any atom is -0.508 e. The first-order chi connectivity index (χ1) is 13.1. The van der Waals surface area contributed by atoms with E-state index in [-0.39, 0.29) is 18.3 Å². The normalized spacial score (nSPS) is 12.1. The third-order valence-electron chi connectivity index (χ3n) is 4.37. The molecule has 0 saturated carbocycles. The predicted molar refractivity (Wildman–Crippen MR) is 103 cm³/mol. The Hall–Kier alpha value is -2.51. The first kappa shape index (κ1) is 19.3. The van der Waals surface area contributed by atoms with Gasteiger partial charge in [0.05, 0.1) is 24.5 Å². The number of fused-ring (bicyclic) bond motifs is 1. The summed E-state index contributed by atoms with van der Waals surface area (Å²) in [5.74, 6) is 0.512. The number of hydrogen-bond donors (Lipinski definition) is 1. The van der Waals surface area contributed by atoms with Crippen LogP contribution in [0.15, 0.2) is 45.5 Å². The summed E-state index contributed by atoms with van der Waals surface area (Å²) in [6.45, 7) is 0.908. The fourth-order valence-electron chi connectivity index (χ4n) is 3.18. The smallest absolute Gasteiger partial charge is 0.293 e. The SMILES string of the molecule is COCc1cc(OC)ccc1C(COC=O)c1coc2c(Br)cc(O)cc12. The third kappa shape index (κ3) is 3.94. The Morgan fingerprint density at radius 1 is 1.22 bits per heavy atom. The van der Waals surface area contributed by atoms with Gasteiger partial charge in [-0.1, -0.05) is 6.07 Å². The first-order valence-corrected chi connectivity index (χ1v) is 8.99. The zero-order valence-corrected chi connectivity index (χ0v) is 16.5. The number of carbonyl (C=O) groups is 1. The summed E-state index contributed by atoms with van der Waals surface area (Å²) in [6.07, 6.45) is 1.62. The molecule has 0 bridgehead atoms. The molecule has 0 aliphatic carbocycles. The second-order valence-corrected chi connectivity index (χ2v) is 6.83. The van der Waals surface area contributed by atoms with E-state index >= 15 is 0 Å². The Morgan fingerprint density at radius 3 is 2.74 bits per heavy atom. The minimum atomic E-state index is -0.304. The van der Waals surface area contributed by atoms with E-state index in [9.17, 15) is 9.90 Å². The average Bonchev–Trinajstić information content (AvgIpc) is 3.07. The standard InChI is InChI=1S/C20H19BrO6/c1-24-8-12-5-14(25-2)3-4-15(12)17(9-26-11-22)18-10-27-20-16(18)6-13(23)7-19(20)21/h3-7,10-11,17,23H,8-9H2,1-2H3. The van der Waals surface area contributed by atoms with Gasteiger partial charge in [-0.2, -0.15) is 0 Å². The number of furan rings is 1. The summed E-state index contributed by atoms with van der Waals surface area (Å²) < 4.78 is 22.1. The highest BCUT2D eigenvalue weighted by Crippen LogP contribution is 2.39. The summed E-state index contributed by atoms with van der Waals surface area (Å²) in [7, 11) is 3.21. The van der Waals surface area contributed by atoms with Crippen molar-refractivity contribution < 1.29 is 28.5 Å². The molecule has 1 atom stereocenters. The van der Waals surface area contributed by atoms with E-state index in [1.807, 2.05) is 18.2 Å². The van der Waals surface area contributed by atoms with Gasteiger partial charge in [0.25, 0.3) is 6.47 Å². The second kappa shape index (κ2) is 8.45. The van der Waals surface area contributed by atoms with Crippen LogP contribution in [0.3, 0.4) is 0 Å². The molecule has 0 radical (unpaired) electrons. The summed E-state index contributed by atoms with van der Waals surface area (Å²) in [6, 6.07) is 8.85. The van der Waals surface area contributed by atoms with Crippen molar-refractivity contribution in [3.8, 4) is 11.5 Å². The number of phenolic OH excluding ortho intramolecular Hbond substituents is 1. The van der Waals surface area contributed by atoms with Crippen molar-refractivity contribution in [2.75, 3.05) is 20.8 Å². The van der Waals surface area contributed by atoms with Crippen molar-refractivity contribution in [2.45, 2.75) is 12.5 Å². The lowest BCUT2D eigenvalue weighted by molar-refractivity contribution is -0.128. The first-order valence-electron chi connectivity index (χ1n) is 8.19. The molecule has 27 heavy (non-hydrogen) atoms. The van der Waals surface area contributed by atoms with Gasteiger partial charge >= 0.3 is 0 Å². The number of phenols is 1. The monoisotopic (exact) mass is 434 g/mol. The van der Waals surface area contributed by atoms with Crippen molar-refractivity contribution in [2.24, 2.45) is 0 Å². The van der Waals surface area contributed by atoms with Gasteiger partial charge in [0.1, 0.15) is 23.7 Å². The molecule has 0 aliphatic heterocycles. The molecule has 2 aromatic carbocycles. The number of halogens is 1. The fraction of sp³-hybridized carbons (Fsp3) is 0.250. The van der Waals surface area contributed by atoms with Gasteiger partial charge in [0, 0.05) is 24.0 Å². The van der Waals surface area contributed by atoms with E-state index in [1.54, 1.807) is 32.6 Å². The fourth-order valence-corrected chi connectivity index (χ4v) is 3.72. The molecule has 3 rings (SSSR count). The summed E-state index contributed by atoms with van der Waals surface area (Å²) in [4.78, 5) is 10.9. The Morgan fingerprint density at radius 2 is 2.04 bits per heavy atom. The van der Waals surface area contributed by atoms with Gasteiger partial charge in [0.2, 0.25) is 0 Å². The maximum Gasteiger partial charge on any atom is 0.293 e. The molecule has 0 spiro atoms. The number of aromatic hydroxyl groups is 1. The molecule has 6 nitrogen and oxygen atoms in total. The number of methoxy groups -OCH3 is 2. The van der Waals surface area contributed by atoms with Crippen molar-refractivity contribution >= 4 is 33.4 Å². The quantitative estimate of drug-likeness (QED) is 0.530. The van der Waals surface area contributed by atoms with Crippen LogP contribution < -0.4 is 4.74 Å². The van der Waals surface area contributed by atoms with E-state index in [1.165, 1.54) is 0 Å². The topological polar surface area (TPSA) is 78.1 Å². The van der Waals surface area contributed by atoms with E-state index in [2.05, 4.69) is 15.9 Å².